The van der Waals surface area contributed by atoms with Crippen molar-refractivity contribution in [3.63, 3.8) is 0 Å². The van der Waals surface area contributed by atoms with Gasteiger partial charge in [0.2, 0.25) is 0 Å². The Morgan fingerprint density at radius 1 is 0.930 bits per heavy atom. The lowest BCUT2D eigenvalue weighted by Gasteiger charge is -2.29. The summed E-state index contributed by atoms with van der Waals surface area (Å²) in [6.07, 6.45) is 4.66. The summed E-state index contributed by atoms with van der Waals surface area (Å²) in [6.45, 7) is 11.4. The van der Waals surface area contributed by atoms with Gasteiger partial charge in [-0.2, -0.15) is 0 Å². The number of methoxy groups -OCH3 is 1. The molecule has 0 spiro atoms. The fourth-order valence-corrected chi connectivity index (χ4v) is 5.61. The van der Waals surface area contributed by atoms with Crippen molar-refractivity contribution in [2.75, 3.05) is 59.7 Å². The summed E-state index contributed by atoms with van der Waals surface area (Å²) >= 11 is 0. The van der Waals surface area contributed by atoms with E-state index in [2.05, 4.69) is 11.8 Å². The van der Waals surface area contributed by atoms with Crippen LogP contribution < -0.4 is 14.2 Å². The highest BCUT2D eigenvalue weighted by atomic mass is 16.5. The van der Waals surface area contributed by atoms with E-state index in [0.717, 1.165) is 50.9 Å². The first kappa shape index (κ1) is 32.4. The van der Waals surface area contributed by atoms with Crippen LogP contribution in [0.1, 0.15) is 68.7 Å². The third-order valence-corrected chi connectivity index (χ3v) is 7.95. The minimum absolute atomic E-state index is 0.0698. The number of nitrogens with zero attached hydrogens (tertiary/aromatic N) is 2. The van der Waals surface area contributed by atoms with Gasteiger partial charge in [-0.05, 0) is 67.6 Å². The lowest BCUT2D eigenvalue weighted by molar-refractivity contribution is -0.140. The van der Waals surface area contributed by atoms with Crippen LogP contribution in [-0.4, -0.2) is 86.3 Å². The van der Waals surface area contributed by atoms with Crippen LogP contribution >= 0.6 is 0 Å². The lowest BCUT2D eigenvalue weighted by atomic mass is 9.93. The van der Waals surface area contributed by atoms with Crippen molar-refractivity contribution in [2.45, 2.75) is 58.9 Å². The number of hydrogen-bond donors (Lipinski definition) is 1. The van der Waals surface area contributed by atoms with Crippen molar-refractivity contribution in [3.05, 3.63) is 58.7 Å². The number of carbonyl (C=O) groups excluding carboxylic acids is 2. The number of unbranched alkanes of at least 4 members (excludes halogenated alkanes) is 2. The summed E-state index contributed by atoms with van der Waals surface area (Å²) < 4.78 is 22.9. The SMILES string of the molecule is CCCCCOc1ccc(C2C(=C(O)c3ccc(OCCC)cc3C)C(=O)C(=O)N2CCCN2CCOCC2)cc1OC. The van der Waals surface area contributed by atoms with E-state index < -0.39 is 17.7 Å². The maximum atomic E-state index is 13.6. The zero-order valence-electron chi connectivity index (χ0n) is 26.0. The first-order valence-corrected chi connectivity index (χ1v) is 15.5. The molecule has 2 aliphatic heterocycles. The van der Waals surface area contributed by atoms with Crippen molar-refractivity contribution in [1.82, 2.24) is 9.80 Å². The number of benzene rings is 2. The standard InChI is InChI=1S/C34H46N2O7/c1-5-7-8-19-43-28-13-10-25(23-29(28)40-4)31-30(32(37)27-12-11-26(22-24(27)3)42-18-6-2)33(38)34(39)36(31)15-9-14-35-16-20-41-21-17-35/h10-13,22-23,31,37H,5-9,14-21H2,1-4H3. The van der Waals surface area contributed by atoms with Gasteiger partial charge in [-0.25, -0.2) is 0 Å². The summed E-state index contributed by atoms with van der Waals surface area (Å²) in [7, 11) is 1.57. The number of morpholine rings is 1. The van der Waals surface area contributed by atoms with Crippen LogP contribution in [0.15, 0.2) is 42.0 Å². The molecule has 0 aromatic heterocycles. The molecule has 43 heavy (non-hydrogen) atoms. The van der Waals surface area contributed by atoms with Crippen molar-refractivity contribution in [2.24, 2.45) is 0 Å². The summed E-state index contributed by atoms with van der Waals surface area (Å²) in [6, 6.07) is 10.1. The first-order valence-electron chi connectivity index (χ1n) is 15.5. The molecule has 2 heterocycles. The van der Waals surface area contributed by atoms with E-state index in [4.69, 9.17) is 18.9 Å². The van der Waals surface area contributed by atoms with Gasteiger partial charge >= 0.3 is 0 Å². The van der Waals surface area contributed by atoms with Gasteiger partial charge in [0.05, 0.1) is 45.2 Å². The maximum absolute atomic E-state index is 13.6. The third-order valence-electron chi connectivity index (χ3n) is 7.95. The Morgan fingerprint density at radius 2 is 1.72 bits per heavy atom. The molecule has 2 fully saturated rings. The van der Waals surface area contributed by atoms with Crippen LogP contribution in [-0.2, 0) is 14.3 Å². The Balaban J connectivity index is 1.70. The molecule has 0 radical (unpaired) electrons. The molecule has 1 amide bonds. The highest BCUT2D eigenvalue weighted by molar-refractivity contribution is 6.46. The lowest BCUT2D eigenvalue weighted by Crippen LogP contribution is -2.39. The molecule has 2 saturated heterocycles. The first-order chi connectivity index (χ1) is 20.9. The molecule has 0 saturated carbocycles. The topological polar surface area (TPSA) is 97.8 Å². The van der Waals surface area contributed by atoms with E-state index in [9.17, 15) is 14.7 Å². The Labute approximate surface area is 255 Å². The predicted octanol–water partition coefficient (Wildman–Crippen LogP) is 5.51. The minimum atomic E-state index is -0.775. The zero-order valence-corrected chi connectivity index (χ0v) is 26.0. The highest BCUT2D eigenvalue weighted by Crippen LogP contribution is 2.42. The van der Waals surface area contributed by atoms with Crippen molar-refractivity contribution in [3.8, 4) is 17.2 Å². The summed E-state index contributed by atoms with van der Waals surface area (Å²) in [5.74, 6) is 0.297. The van der Waals surface area contributed by atoms with Gasteiger partial charge in [-0.1, -0.05) is 32.8 Å². The molecule has 1 unspecified atom stereocenters. The van der Waals surface area contributed by atoms with Gasteiger partial charge in [0, 0.05) is 31.7 Å². The Bertz CT molecular complexity index is 1290. The molecule has 9 heteroatoms. The average molecular weight is 595 g/mol. The Kier molecular flexibility index (Phi) is 11.9. The van der Waals surface area contributed by atoms with Crippen molar-refractivity contribution >= 4 is 17.4 Å². The molecule has 2 aromatic carbocycles. The van der Waals surface area contributed by atoms with E-state index in [1.54, 1.807) is 24.1 Å². The number of likely N-dealkylation sites (tertiary alicyclic amines) is 1. The number of aryl methyl sites for hydroxylation is 1. The number of ether oxygens (including phenoxy) is 4. The zero-order chi connectivity index (χ0) is 30.8. The number of amides is 1. The molecular formula is C34H46N2O7. The van der Waals surface area contributed by atoms with Gasteiger partial charge in [0.1, 0.15) is 11.5 Å². The van der Waals surface area contributed by atoms with Gasteiger partial charge < -0.3 is 29.0 Å². The van der Waals surface area contributed by atoms with Gasteiger partial charge in [-0.15, -0.1) is 0 Å². The number of aliphatic hydroxyl groups excluding tert-OH is 1. The molecule has 1 atom stereocenters. The van der Waals surface area contributed by atoms with Crippen LogP contribution in [0, 0.1) is 6.92 Å². The maximum Gasteiger partial charge on any atom is 0.295 e. The number of aliphatic hydroxyl groups is 1. The number of carbonyl (C=O) groups is 2. The molecule has 0 aliphatic carbocycles. The van der Waals surface area contributed by atoms with Crippen LogP contribution in [0.3, 0.4) is 0 Å². The number of Topliss-reactive ketones (excluding diaryl/α,β-unsaturated/α-hetero) is 1. The quantitative estimate of drug-likeness (QED) is 0.125. The molecule has 234 valence electrons. The molecule has 4 rings (SSSR count). The molecule has 9 nitrogen and oxygen atoms in total. The fourth-order valence-electron chi connectivity index (χ4n) is 5.61. The molecular weight excluding hydrogens is 548 g/mol. The molecule has 1 N–H and O–H groups in total. The second-order valence-corrected chi connectivity index (χ2v) is 11.1. The van der Waals surface area contributed by atoms with Crippen molar-refractivity contribution in [1.29, 1.82) is 0 Å². The average Bonchev–Trinajstić information content (AvgIpc) is 3.27. The van der Waals surface area contributed by atoms with E-state index in [1.165, 1.54) is 0 Å². The Hall–Kier alpha value is -3.56. The number of ketones is 1. The van der Waals surface area contributed by atoms with Gasteiger partial charge in [0.15, 0.2) is 11.5 Å². The van der Waals surface area contributed by atoms with E-state index in [0.29, 0.717) is 67.8 Å². The second kappa shape index (κ2) is 15.8. The molecule has 2 aromatic rings. The summed E-state index contributed by atoms with van der Waals surface area (Å²) in [5.41, 5.74) is 1.98. The predicted molar refractivity (Wildman–Crippen MR) is 166 cm³/mol. The Morgan fingerprint density at radius 3 is 2.42 bits per heavy atom. The smallest absolute Gasteiger partial charge is 0.295 e. The third kappa shape index (κ3) is 7.89. The van der Waals surface area contributed by atoms with E-state index in [1.807, 2.05) is 38.1 Å². The monoisotopic (exact) mass is 594 g/mol. The van der Waals surface area contributed by atoms with Crippen LogP contribution in [0.4, 0.5) is 0 Å². The largest absolute Gasteiger partial charge is 0.507 e. The van der Waals surface area contributed by atoms with Gasteiger partial charge in [0.25, 0.3) is 11.7 Å². The van der Waals surface area contributed by atoms with Crippen LogP contribution in [0.2, 0.25) is 0 Å². The highest BCUT2D eigenvalue weighted by Gasteiger charge is 2.46. The number of rotatable bonds is 15. The van der Waals surface area contributed by atoms with Crippen molar-refractivity contribution < 1.29 is 33.6 Å². The summed E-state index contributed by atoms with van der Waals surface area (Å²) in [4.78, 5) is 31.0. The second-order valence-electron chi connectivity index (χ2n) is 11.1. The number of hydrogen-bond acceptors (Lipinski definition) is 8. The molecule has 0 bridgehead atoms. The molecule has 2 aliphatic rings. The summed E-state index contributed by atoms with van der Waals surface area (Å²) in [5, 5.41) is 11.6. The normalized spacial score (nSPS) is 18.7. The van der Waals surface area contributed by atoms with Crippen LogP contribution in [0.25, 0.3) is 5.76 Å². The van der Waals surface area contributed by atoms with Gasteiger partial charge in [-0.3, -0.25) is 14.5 Å². The van der Waals surface area contributed by atoms with E-state index >= 15 is 0 Å². The minimum Gasteiger partial charge on any atom is -0.507 e. The van der Waals surface area contributed by atoms with E-state index in [-0.39, 0.29) is 11.3 Å². The fraction of sp³-hybridized carbons (Fsp3) is 0.529. The van der Waals surface area contributed by atoms with Crippen LogP contribution in [0.5, 0.6) is 17.2 Å².